The molecule has 0 amide bonds. The zero-order valence-corrected chi connectivity index (χ0v) is 8.85. The Labute approximate surface area is 93.7 Å². The van der Waals surface area contributed by atoms with E-state index in [2.05, 4.69) is 47.4 Å². The van der Waals surface area contributed by atoms with Crippen LogP contribution in [0, 0.1) is 0 Å². The van der Waals surface area contributed by atoms with Crippen molar-refractivity contribution in [2.75, 3.05) is 0 Å². The Balaban J connectivity index is 2.43. The summed E-state index contributed by atoms with van der Waals surface area (Å²) in [5.74, 6) is 0. The van der Waals surface area contributed by atoms with Crippen LogP contribution in [0.25, 0.3) is 21.7 Å². The van der Waals surface area contributed by atoms with Crippen molar-refractivity contribution in [3.63, 3.8) is 0 Å². The molecule has 0 saturated heterocycles. The number of rotatable bonds is 1. The largest absolute Gasteiger partial charge is 0.325 e. The average molecular weight is 208 g/mol. The Hall–Kier alpha value is -1.93. The van der Waals surface area contributed by atoms with Crippen LogP contribution >= 0.6 is 0 Å². The number of benzene rings is 2. The summed E-state index contributed by atoms with van der Waals surface area (Å²) in [4.78, 5) is 4.52. The maximum atomic E-state index is 5.59. The van der Waals surface area contributed by atoms with E-state index in [-0.39, 0.29) is 0 Å². The van der Waals surface area contributed by atoms with Gasteiger partial charge in [0.25, 0.3) is 0 Å². The van der Waals surface area contributed by atoms with Crippen molar-refractivity contribution in [3.05, 3.63) is 54.2 Å². The molecule has 0 atom stereocenters. The zero-order valence-electron chi connectivity index (χ0n) is 8.85. The van der Waals surface area contributed by atoms with Gasteiger partial charge in [-0.1, -0.05) is 36.4 Å². The Morgan fingerprint density at radius 3 is 2.62 bits per heavy atom. The molecule has 3 aromatic rings. The summed E-state index contributed by atoms with van der Waals surface area (Å²) >= 11 is 0. The van der Waals surface area contributed by atoms with Gasteiger partial charge in [-0.2, -0.15) is 0 Å². The highest BCUT2D eigenvalue weighted by Gasteiger charge is 2.01. The summed E-state index contributed by atoms with van der Waals surface area (Å²) in [6.45, 7) is 0.489. The van der Waals surface area contributed by atoms with E-state index in [0.717, 1.165) is 11.2 Å². The fourth-order valence-electron chi connectivity index (χ4n) is 2.04. The van der Waals surface area contributed by atoms with Gasteiger partial charge in [0.2, 0.25) is 0 Å². The summed E-state index contributed by atoms with van der Waals surface area (Å²) in [6.07, 6.45) is 0. The number of hydrogen-bond donors (Lipinski definition) is 1. The molecule has 2 N–H and O–H groups in total. The standard InChI is InChI=1S/C14H12N2/c15-9-11-6-7-13-12-4-2-1-3-10(12)5-8-14(13)16-11/h1-8H,9,15H2. The first-order valence-electron chi connectivity index (χ1n) is 5.36. The van der Waals surface area contributed by atoms with Crippen LogP contribution < -0.4 is 5.73 Å². The van der Waals surface area contributed by atoms with Gasteiger partial charge in [0.15, 0.2) is 0 Å². The summed E-state index contributed by atoms with van der Waals surface area (Å²) < 4.78 is 0. The molecule has 0 fully saturated rings. The fourth-order valence-corrected chi connectivity index (χ4v) is 2.04. The first-order chi connectivity index (χ1) is 7.88. The van der Waals surface area contributed by atoms with Gasteiger partial charge in [0.1, 0.15) is 0 Å². The predicted octanol–water partition coefficient (Wildman–Crippen LogP) is 2.85. The molecule has 0 aliphatic heterocycles. The van der Waals surface area contributed by atoms with Gasteiger partial charge in [-0.05, 0) is 22.9 Å². The molecule has 0 aliphatic rings. The average Bonchev–Trinajstić information content (AvgIpc) is 2.38. The van der Waals surface area contributed by atoms with E-state index in [0.29, 0.717) is 6.54 Å². The Morgan fingerprint density at radius 1 is 0.875 bits per heavy atom. The third-order valence-electron chi connectivity index (χ3n) is 2.86. The number of pyridine rings is 1. The van der Waals surface area contributed by atoms with E-state index >= 15 is 0 Å². The first kappa shape index (κ1) is 9.31. The van der Waals surface area contributed by atoms with E-state index in [4.69, 9.17) is 5.73 Å². The third-order valence-corrected chi connectivity index (χ3v) is 2.86. The molecule has 3 rings (SSSR count). The second-order valence-electron chi connectivity index (χ2n) is 3.86. The Bertz CT molecular complexity index is 659. The van der Waals surface area contributed by atoms with E-state index in [9.17, 15) is 0 Å². The smallest absolute Gasteiger partial charge is 0.0712 e. The van der Waals surface area contributed by atoms with E-state index in [1.54, 1.807) is 0 Å². The maximum Gasteiger partial charge on any atom is 0.0712 e. The molecule has 16 heavy (non-hydrogen) atoms. The summed E-state index contributed by atoms with van der Waals surface area (Å²) in [6, 6.07) is 16.6. The molecule has 1 heterocycles. The molecule has 0 spiro atoms. The van der Waals surface area contributed by atoms with Crippen molar-refractivity contribution < 1.29 is 0 Å². The minimum absolute atomic E-state index is 0.489. The van der Waals surface area contributed by atoms with E-state index in [1.807, 2.05) is 6.07 Å². The molecule has 2 heteroatoms. The van der Waals surface area contributed by atoms with Crippen LogP contribution in [0.5, 0.6) is 0 Å². The van der Waals surface area contributed by atoms with Crippen LogP contribution in [0.4, 0.5) is 0 Å². The Kier molecular flexibility index (Phi) is 2.08. The number of fused-ring (bicyclic) bond motifs is 3. The number of hydrogen-bond acceptors (Lipinski definition) is 2. The molecule has 0 aliphatic carbocycles. The number of nitrogens with zero attached hydrogens (tertiary/aromatic N) is 1. The van der Waals surface area contributed by atoms with Crippen molar-refractivity contribution in [3.8, 4) is 0 Å². The minimum Gasteiger partial charge on any atom is -0.325 e. The van der Waals surface area contributed by atoms with Crippen molar-refractivity contribution in [1.29, 1.82) is 0 Å². The van der Waals surface area contributed by atoms with Crippen molar-refractivity contribution in [1.82, 2.24) is 4.98 Å². The van der Waals surface area contributed by atoms with Crippen LogP contribution in [0.3, 0.4) is 0 Å². The lowest BCUT2D eigenvalue weighted by Gasteiger charge is -2.04. The molecule has 2 nitrogen and oxygen atoms in total. The van der Waals surface area contributed by atoms with Gasteiger partial charge in [-0.3, -0.25) is 4.98 Å². The van der Waals surface area contributed by atoms with Crippen LogP contribution in [0.2, 0.25) is 0 Å². The monoisotopic (exact) mass is 208 g/mol. The quantitative estimate of drug-likeness (QED) is 0.624. The number of nitrogens with two attached hydrogens (primary N) is 1. The van der Waals surface area contributed by atoms with Gasteiger partial charge in [-0.15, -0.1) is 0 Å². The zero-order chi connectivity index (χ0) is 11.0. The van der Waals surface area contributed by atoms with Crippen LogP contribution in [0.1, 0.15) is 5.69 Å². The van der Waals surface area contributed by atoms with Crippen LogP contribution in [0.15, 0.2) is 48.5 Å². The highest BCUT2D eigenvalue weighted by Crippen LogP contribution is 2.23. The topological polar surface area (TPSA) is 38.9 Å². The summed E-state index contributed by atoms with van der Waals surface area (Å²) in [5.41, 5.74) is 7.54. The van der Waals surface area contributed by atoms with Gasteiger partial charge in [-0.25, -0.2) is 0 Å². The van der Waals surface area contributed by atoms with Gasteiger partial charge in [0, 0.05) is 11.9 Å². The molecular weight excluding hydrogens is 196 g/mol. The van der Waals surface area contributed by atoms with Gasteiger partial charge >= 0.3 is 0 Å². The first-order valence-corrected chi connectivity index (χ1v) is 5.36. The molecule has 0 bridgehead atoms. The van der Waals surface area contributed by atoms with Crippen molar-refractivity contribution >= 4 is 21.7 Å². The lowest BCUT2D eigenvalue weighted by molar-refractivity contribution is 1.01. The van der Waals surface area contributed by atoms with E-state index in [1.165, 1.54) is 16.2 Å². The lowest BCUT2D eigenvalue weighted by Crippen LogP contribution is -1.99. The second kappa shape index (κ2) is 3.58. The highest BCUT2D eigenvalue weighted by molar-refractivity contribution is 6.05. The molecule has 2 aromatic carbocycles. The Morgan fingerprint density at radius 2 is 1.75 bits per heavy atom. The van der Waals surface area contributed by atoms with Crippen LogP contribution in [-0.4, -0.2) is 4.98 Å². The third kappa shape index (κ3) is 1.35. The van der Waals surface area contributed by atoms with Gasteiger partial charge < -0.3 is 5.73 Å². The summed E-state index contributed by atoms with van der Waals surface area (Å²) in [5, 5.41) is 3.68. The molecule has 0 saturated carbocycles. The minimum atomic E-state index is 0.489. The maximum absolute atomic E-state index is 5.59. The van der Waals surface area contributed by atoms with Crippen molar-refractivity contribution in [2.24, 2.45) is 5.73 Å². The van der Waals surface area contributed by atoms with E-state index < -0.39 is 0 Å². The highest BCUT2D eigenvalue weighted by atomic mass is 14.7. The fraction of sp³-hybridized carbons (Fsp3) is 0.0714. The van der Waals surface area contributed by atoms with Gasteiger partial charge in [0.05, 0.1) is 11.2 Å². The predicted molar refractivity (Wildman–Crippen MR) is 67.1 cm³/mol. The normalized spacial score (nSPS) is 11.1. The lowest BCUT2D eigenvalue weighted by atomic mass is 10.1. The molecule has 1 aromatic heterocycles. The second-order valence-corrected chi connectivity index (χ2v) is 3.86. The summed E-state index contributed by atoms with van der Waals surface area (Å²) in [7, 11) is 0. The molecule has 0 radical (unpaired) electrons. The number of aromatic nitrogens is 1. The molecule has 0 unspecified atom stereocenters. The molecular formula is C14H12N2. The molecule has 78 valence electrons. The van der Waals surface area contributed by atoms with Crippen LogP contribution in [-0.2, 0) is 6.54 Å². The SMILES string of the molecule is NCc1ccc2c(ccc3ccccc32)n1. The van der Waals surface area contributed by atoms with Crippen molar-refractivity contribution in [2.45, 2.75) is 6.54 Å².